The first-order valence-corrected chi connectivity index (χ1v) is 7.37. The van der Waals surface area contributed by atoms with Gasteiger partial charge in [-0.05, 0) is 38.0 Å². The van der Waals surface area contributed by atoms with Gasteiger partial charge in [0.05, 0.1) is 28.8 Å². The molecule has 6 nitrogen and oxygen atoms in total. The molecule has 0 radical (unpaired) electrons. The maximum Gasteiger partial charge on any atom is 0.322 e. The van der Waals surface area contributed by atoms with Crippen molar-refractivity contribution in [3.8, 4) is 6.07 Å². The van der Waals surface area contributed by atoms with Crippen LogP contribution in [0, 0.1) is 18.3 Å². The molecule has 3 N–H and O–H groups in total. The van der Waals surface area contributed by atoms with Crippen molar-refractivity contribution in [2.75, 3.05) is 11.9 Å². The van der Waals surface area contributed by atoms with E-state index in [0.29, 0.717) is 34.8 Å². The van der Waals surface area contributed by atoms with Gasteiger partial charge in [0.15, 0.2) is 0 Å². The van der Waals surface area contributed by atoms with Crippen molar-refractivity contribution >= 4 is 23.3 Å². The van der Waals surface area contributed by atoms with Gasteiger partial charge in [0.1, 0.15) is 6.07 Å². The first-order valence-electron chi connectivity index (χ1n) is 6.99. The van der Waals surface area contributed by atoms with Crippen molar-refractivity contribution < 1.29 is 15.0 Å². The molecule has 1 heterocycles. The summed E-state index contributed by atoms with van der Waals surface area (Å²) in [6.45, 7) is 3.62. The highest BCUT2D eigenvalue weighted by Crippen LogP contribution is 2.28. The number of likely N-dealkylation sites (tertiary alicyclic amines) is 1. The second-order valence-electron chi connectivity index (χ2n) is 5.42. The third kappa shape index (κ3) is 3.02. The van der Waals surface area contributed by atoms with Gasteiger partial charge < -0.3 is 20.4 Å². The lowest BCUT2D eigenvalue weighted by Crippen LogP contribution is -2.47. The summed E-state index contributed by atoms with van der Waals surface area (Å²) in [7, 11) is 0. The number of aliphatic hydroxyl groups is 2. The van der Waals surface area contributed by atoms with Gasteiger partial charge in [-0.3, -0.25) is 0 Å². The third-order valence-electron chi connectivity index (χ3n) is 3.92. The summed E-state index contributed by atoms with van der Waals surface area (Å²) in [5.74, 6) is 0. The number of nitrogens with zero attached hydrogens (tertiary/aromatic N) is 2. The first kappa shape index (κ1) is 16.6. The van der Waals surface area contributed by atoms with E-state index in [9.17, 15) is 15.0 Å². The van der Waals surface area contributed by atoms with Crippen molar-refractivity contribution in [1.82, 2.24) is 4.90 Å². The van der Waals surface area contributed by atoms with E-state index < -0.39 is 24.3 Å². The second kappa shape index (κ2) is 6.53. The summed E-state index contributed by atoms with van der Waals surface area (Å²) in [6, 6.07) is 4.09. The van der Waals surface area contributed by atoms with Crippen LogP contribution in [0.4, 0.5) is 10.5 Å². The fourth-order valence-electron chi connectivity index (χ4n) is 2.71. The monoisotopic (exact) mass is 323 g/mol. The van der Waals surface area contributed by atoms with Gasteiger partial charge >= 0.3 is 6.03 Å². The zero-order chi connectivity index (χ0) is 16.4. The molecule has 1 unspecified atom stereocenters. The average Bonchev–Trinajstić information content (AvgIpc) is 2.86. The number of nitrogens with one attached hydrogen (secondary N) is 1. The Morgan fingerprint density at radius 2 is 2.27 bits per heavy atom. The van der Waals surface area contributed by atoms with Crippen molar-refractivity contribution in [3.63, 3.8) is 0 Å². The molecular formula is C15H18ClN3O3. The number of benzene rings is 1. The van der Waals surface area contributed by atoms with Crippen LogP contribution in [0.3, 0.4) is 0 Å². The first-order chi connectivity index (χ1) is 10.4. The highest BCUT2D eigenvalue weighted by atomic mass is 35.5. The molecular weight excluding hydrogens is 306 g/mol. The molecule has 22 heavy (non-hydrogen) atoms. The highest BCUT2D eigenvalue weighted by Gasteiger charge is 2.39. The van der Waals surface area contributed by atoms with E-state index in [0.717, 1.165) is 0 Å². The van der Waals surface area contributed by atoms with Crippen LogP contribution >= 0.6 is 11.6 Å². The maximum absolute atomic E-state index is 12.4. The molecule has 118 valence electrons. The minimum atomic E-state index is -0.825. The van der Waals surface area contributed by atoms with Crippen molar-refractivity contribution in [1.29, 1.82) is 5.26 Å². The Morgan fingerprint density at radius 1 is 1.59 bits per heavy atom. The van der Waals surface area contributed by atoms with E-state index in [1.54, 1.807) is 19.9 Å². The number of hydrogen-bond donors (Lipinski definition) is 3. The minimum absolute atomic E-state index is 0.300. The summed E-state index contributed by atoms with van der Waals surface area (Å²) in [5.41, 5.74) is 1.44. The molecule has 2 rings (SSSR count). The summed E-state index contributed by atoms with van der Waals surface area (Å²) in [4.78, 5) is 13.8. The predicted molar refractivity (Wildman–Crippen MR) is 82.7 cm³/mol. The number of hydrogen-bond acceptors (Lipinski definition) is 4. The van der Waals surface area contributed by atoms with E-state index in [4.69, 9.17) is 16.9 Å². The number of halogens is 1. The van der Waals surface area contributed by atoms with Crippen LogP contribution < -0.4 is 5.32 Å². The van der Waals surface area contributed by atoms with E-state index in [1.807, 2.05) is 6.07 Å². The number of carbonyl (C=O) groups excluding carboxylic acids is 1. The van der Waals surface area contributed by atoms with Crippen LogP contribution in [0.1, 0.15) is 24.5 Å². The molecule has 2 amide bonds. The zero-order valence-electron chi connectivity index (χ0n) is 12.4. The highest BCUT2D eigenvalue weighted by molar-refractivity contribution is 6.33. The van der Waals surface area contributed by atoms with Gasteiger partial charge in [0, 0.05) is 12.2 Å². The zero-order valence-corrected chi connectivity index (χ0v) is 13.1. The van der Waals surface area contributed by atoms with Crippen LogP contribution in [0.5, 0.6) is 0 Å². The number of carbonyl (C=O) groups is 1. The molecule has 1 fully saturated rings. The smallest absolute Gasteiger partial charge is 0.322 e. The molecule has 0 bridgehead atoms. The number of amides is 2. The lowest BCUT2D eigenvalue weighted by molar-refractivity contribution is 0.0387. The average molecular weight is 324 g/mol. The number of urea groups is 1. The van der Waals surface area contributed by atoms with Gasteiger partial charge in [-0.1, -0.05) is 11.6 Å². The van der Waals surface area contributed by atoms with E-state index in [1.165, 1.54) is 11.0 Å². The summed E-state index contributed by atoms with van der Waals surface area (Å²) >= 11 is 6.08. The van der Waals surface area contributed by atoms with Crippen LogP contribution in [-0.2, 0) is 0 Å². The SMILES string of the molecule is Cc1c(NC(=O)N2CCC(O)[C@H]2[C@H](C)O)ccc(C#N)c1Cl. The van der Waals surface area contributed by atoms with Gasteiger partial charge in [0.25, 0.3) is 0 Å². The number of rotatable bonds is 2. The van der Waals surface area contributed by atoms with E-state index in [2.05, 4.69) is 5.32 Å². The lowest BCUT2D eigenvalue weighted by atomic mass is 10.1. The molecule has 1 aromatic carbocycles. The molecule has 1 aliphatic heterocycles. The van der Waals surface area contributed by atoms with E-state index in [-0.39, 0.29) is 0 Å². The number of anilines is 1. The van der Waals surface area contributed by atoms with E-state index >= 15 is 0 Å². The molecule has 7 heteroatoms. The fourth-order valence-corrected chi connectivity index (χ4v) is 2.92. The standard InChI is InChI=1S/C15H18ClN3O3/c1-8-11(4-3-10(7-17)13(8)16)18-15(22)19-6-5-12(21)14(19)9(2)20/h3-4,9,12,14,20-21H,5-6H2,1-2H3,(H,18,22)/t9-,12?,14+/m0/s1. The quantitative estimate of drug-likeness (QED) is 0.774. The summed E-state index contributed by atoms with van der Waals surface area (Å²) < 4.78 is 0. The van der Waals surface area contributed by atoms with Crippen molar-refractivity contribution in [2.24, 2.45) is 0 Å². The Labute approximate surface area is 133 Å². The molecule has 1 aliphatic rings. The molecule has 3 atom stereocenters. The minimum Gasteiger partial charge on any atom is -0.391 e. The van der Waals surface area contributed by atoms with Crippen LogP contribution in [0.2, 0.25) is 5.02 Å². The third-order valence-corrected chi connectivity index (χ3v) is 4.41. The normalized spacial score (nSPS) is 22.3. The largest absolute Gasteiger partial charge is 0.391 e. The Kier molecular flexibility index (Phi) is 4.91. The number of nitriles is 1. The van der Waals surface area contributed by atoms with Crippen LogP contribution in [0.15, 0.2) is 12.1 Å². The lowest BCUT2D eigenvalue weighted by Gasteiger charge is -2.28. The number of aliphatic hydroxyl groups excluding tert-OH is 2. The molecule has 1 aromatic rings. The molecule has 0 aromatic heterocycles. The van der Waals surface area contributed by atoms with Gasteiger partial charge in [-0.15, -0.1) is 0 Å². The predicted octanol–water partition coefficient (Wildman–Crippen LogP) is 1.87. The Balaban J connectivity index is 2.20. The summed E-state index contributed by atoms with van der Waals surface area (Å²) in [6.07, 6.45) is -1.14. The Bertz CT molecular complexity index is 627. The van der Waals surface area contributed by atoms with Crippen LogP contribution in [-0.4, -0.2) is 45.9 Å². The second-order valence-corrected chi connectivity index (χ2v) is 5.80. The maximum atomic E-state index is 12.4. The topological polar surface area (TPSA) is 96.6 Å². The van der Waals surface area contributed by atoms with Gasteiger partial charge in [0.2, 0.25) is 0 Å². The van der Waals surface area contributed by atoms with Crippen molar-refractivity contribution in [2.45, 2.75) is 38.5 Å². The molecule has 1 saturated heterocycles. The van der Waals surface area contributed by atoms with Gasteiger partial charge in [-0.25, -0.2) is 4.79 Å². The van der Waals surface area contributed by atoms with Crippen LogP contribution in [0.25, 0.3) is 0 Å². The molecule has 0 aliphatic carbocycles. The van der Waals surface area contributed by atoms with Gasteiger partial charge in [-0.2, -0.15) is 5.26 Å². The summed E-state index contributed by atoms with van der Waals surface area (Å²) in [5, 5.41) is 31.6. The molecule has 0 spiro atoms. The molecule has 0 saturated carbocycles. The Hall–Kier alpha value is -1.81. The van der Waals surface area contributed by atoms with Crippen molar-refractivity contribution in [3.05, 3.63) is 28.3 Å². The Morgan fingerprint density at radius 3 is 2.86 bits per heavy atom. The fraction of sp³-hybridized carbons (Fsp3) is 0.467.